The number of methoxy groups -OCH3 is 1. The van der Waals surface area contributed by atoms with Gasteiger partial charge in [-0.1, -0.05) is 0 Å². The number of carbonyl (C=O) groups excluding carboxylic acids is 1. The Morgan fingerprint density at radius 2 is 2.15 bits per heavy atom. The van der Waals surface area contributed by atoms with Gasteiger partial charge >= 0.3 is 0 Å². The molecule has 0 saturated heterocycles. The summed E-state index contributed by atoms with van der Waals surface area (Å²) in [6.45, 7) is 5.53. The van der Waals surface area contributed by atoms with Gasteiger partial charge in [0, 0.05) is 26.7 Å². The van der Waals surface area contributed by atoms with Crippen molar-refractivity contribution in [3.8, 4) is 0 Å². The fourth-order valence-electron chi connectivity index (χ4n) is 0.893. The summed E-state index contributed by atoms with van der Waals surface area (Å²) in [5.41, 5.74) is 0. The van der Waals surface area contributed by atoms with E-state index in [1.807, 2.05) is 7.05 Å². The minimum Gasteiger partial charge on any atom is -0.383 e. The number of Topliss-reactive ketones (excluding diaryl/α,β-unsaturated/α-hetero) is 1. The molecule has 0 rings (SSSR count). The van der Waals surface area contributed by atoms with Crippen LogP contribution in [-0.2, 0) is 9.53 Å². The molecule has 0 radical (unpaired) electrons. The first kappa shape index (κ1) is 12.6. The van der Waals surface area contributed by atoms with Crippen molar-refractivity contribution in [3.05, 3.63) is 0 Å². The van der Waals surface area contributed by atoms with E-state index in [2.05, 4.69) is 10.2 Å². The molecule has 1 N–H and O–H groups in total. The summed E-state index contributed by atoms with van der Waals surface area (Å²) in [5.74, 6) is 0.180. The Morgan fingerprint density at radius 3 is 2.69 bits per heavy atom. The average molecular weight is 188 g/mol. The van der Waals surface area contributed by atoms with Crippen molar-refractivity contribution in [2.45, 2.75) is 6.92 Å². The summed E-state index contributed by atoms with van der Waals surface area (Å²) in [5, 5.41) is 3.06. The van der Waals surface area contributed by atoms with Crippen LogP contribution in [0.15, 0.2) is 0 Å². The third kappa shape index (κ3) is 9.46. The number of hydrogen-bond acceptors (Lipinski definition) is 4. The van der Waals surface area contributed by atoms with Crippen LogP contribution in [0.1, 0.15) is 6.92 Å². The average Bonchev–Trinajstić information content (AvgIpc) is 2.08. The van der Waals surface area contributed by atoms with E-state index in [-0.39, 0.29) is 5.78 Å². The molecule has 0 atom stereocenters. The van der Waals surface area contributed by atoms with Gasteiger partial charge in [0.25, 0.3) is 0 Å². The molecule has 0 spiro atoms. The third-order valence-electron chi connectivity index (χ3n) is 1.72. The van der Waals surface area contributed by atoms with Crippen molar-refractivity contribution in [2.24, 2.45) is 0 Å². The van der Waals surface area contributed by atoms with E-state index in [4.69, 9.17) is 4.74 Å². The second-order valence-corrected chi connectivity index (χ2v) is 3.17. The van der Waals surface area contributed by atoms with Crippen LogP contribution in [0.3, 0.4) is 0 Å². The largest absolute Gasteiger partial charge is 0.383 e. The molecule has 4 heteroatoms. The fourth-order valence-corrected chi connectivity index (χ4v) is 0.893. The number of ether oxygens (including phenoxy) is 1. The minimum absolute atomic E-state index is 0.180. The molecule has 0 fully saturated rings. The van der Waals surface area contributed by atoms with Crippen molar-refractivity contribution >= 4 is 5.78 Å². The van der Waals surface area contributed by atoms with E-state index in [1.54, 1.807) is 14.0 Å². The van der Waals surface area contributed by atoms with Crippen LogP contribution < -0.4 is 5.32 Å². The highest BCUT2D eigenvalue weighted by Gasteiger charge is 1.97. The Balaban J connectivity index is 3.16. The van der Waals surface area contributed by atoms with Crippen LogP contribution in [0.4, 0.5) is 0 Å². The van der Waals surface area contributed by atoms with Gasteiger partial charge in [-0.15, -0.1) is 0 Å². The monoisotopic (exact) mass is 188 g/mol. The van der Waals surface area contributed by atoms with Gasteiger partial charge in [0.2, 0.25) is 0 Å². The number of nitrogens with one attached hydrogen (secondary N) is 1. The predicted octanol–water partition coefficient (Wildman–Crippen LogP) is -0.257. The third-order valence-corrected chi connectivity index (χ3v) is 1.72. The maximum atomic E-state index is 10.6. The molecule has 0 aliphatic rings. The number of carbonyl (C=O) groups is 1. The highest BCUT2D eigenvalue weighted by Crippen LogP contribution is 1.80. The summed E-state index contributed by atoms with van der Waals surface area (Å²) < 4.78 is 4.94. The number of rotatable bonds is 8. The van der Waals surface area contributed by atoms with Crippen molar-refractivity contribution in [2.75, 3.05) is 46.9 Å². The Hall–Kier alpha value is -0.450. The van der Waals surface area contributed by atoms with Crippen molar-refractivity contribution in [1.82, 2.24) is 10.2 Å². The molecular formula is C9H20N2O2. The first-order valence-electron chi connectivity index (χ1n) is 4.54. The van der Waals surface area contributed by atoms with E-state index in [1.165, 1.54) is 0 Å². The van der Waals surface area contributed by atoms with Crippen molar-refractivity contribution in [3.63, 3.8) is 0 Å². The molecule has 0 heterocycles. The van der Waals surface area contributed by atoms with Gasteiger partial charge in [-0.05, 0) is 14.0 Å². The summed E-state index contributed by atoms with van der Waals surface area (Å²) in [7, 11) is 3.73. The molecule has 4 nitrogen and oxygen atoms in total. The van der Waals surface area contributed by atoms with E-state index >= 15 is 0 Å². The molecular weight excluding hydrogens is 168 g/mol. The maximum absolute atomic E-state index is 10.6. The lowest BCUT2D eigenvalue weighted by molar-refractivity contribution is -0.116. The van der Waals surface area contributed by atoms with Gasteiger partial charge in [0.15, 0.2) is 0 Å². The van der Waals surface area contributed by atoms with Gasteiger partial charge in [0.05, 0.1) is 13.2 Å². The molecule has 0 unspecified atom stereocenters. The van der Waals surface area contributed by atoms with E-state index < -0.39 is 0 Å². The first-order valence-corrected chi connectivity index (χ1v) is 4.54. The number of ketones is 1. The van der Waals surface area contributed by atoms with Gasteiger partial charge in [-0.25, -0.2) is 0 Å². The van der Waals surface area contributed by atoms with Gasteiger partial charge in [0.1, 0.15) is 5.78 Å². The second-order valence-electron chi connectivity index (χ2n) is 3.17. The summed E-state index contributed by atoms with van der Waals surface area (Å²) in [4.78, 5) is 12.7. The fraction of sp³-hybridized carbons (Fsp3) is 0.889. The van der Waals surface area contributed by atoms with Gasteiger partial charge in [-0.3, -0.25) is 4.79 Å². The van der Waals surface area contributed by atoms with E-state index in [0.29, 0.717) is 6.54 Å². The van der Waals surface area contributed by atoms with Gasteiger partial charge < -0.3 is 15.0 Å². The Morgan fingerprint density at radius 1 is 1.46 bits per heavy atom. The van der Waals surface area contributed by atoms with Crippen LogP contribution in [0, 0.1) is 0 Å². The highest BCUT2D eigenvalue weighted by atomic mass is 16.5. The molecule has 0 aromatic carbocycles. The van der Waals surface area contributed by atoms with E-state index in [0.717, 1.165) is 26.2 Å². The standard InChI is InChI=1S/C9H20N2O2/c1-9(12)8-10-4-5-11(2)6-7-13-3/h10H,4-8H2,1-3H3. The van der Waals surface area contributed by atoms with Crippen molar-refractivity contribution in [1.29, 1.82) is 0 Å². The second kappa shape index (κ2) is 8.16. The van der Waals surface area contributed by atoms with Crippen LogP contribution in [0.5, 0.6) is 0 Å². The number of hydrogen-bond donors (Lipinski definition) is 1. The summed E-state index contributed by atoms with van der Waals surface area (Å²) in [6, 6.07) is 0. The van der Waals surface area contributed by atoms with E-state index in [9.17, 15) is 4.79 Å². The molecule has 13 heavy (non-hydrogen) atoms. The van der Waals surface area contributed by atoms with Crippen LogP contribution in [0.2, 0.25) is 0 Å². The Kier molecular flexibility index (Phi) is 7.88. The molecule has 0 aliphatic carbocycles. The molecule has 0 aromatic rings. The lowest BCUT2D eigenvalue weighted by atomic mass is 10.4. The molecule has 0 amide bonds. The van der Waals surface area contributed by atoms with Crippen LogP contribution >= 0.6 is 0 Å². The zero-order valence-electron chi connectivity index (χ0n) is 8.80. The summed E-state index contributed by atoms with van der Waals surface area (Å²) >= 11 is 0. The quantitative estimate of drug-likeness (QED) is 0.533. The maximum Gasteiger partial charge on any atom is 0.143 e. The zero-order valence-corrected chi connectivity index (χ0v) is 8.80. The summed E-state index contributed by atoms with van der Waals surface area (Å²) in [6.07, 6.45) is 0. The molecule has 78 valence electrons. The lowest BCUT2D eigenvalue weighted by Gasteiger charge is -2.15. The SMILES string of the molecule is COCCN(C)CCNCC(C)=O. The molecule has 0 aromatic heterocycles. The topological polar surface area (TPSA) is 41.6 Å². The van der Waals surface area contributed by atoms with Crippen molar-refractivity contribution < 1.29 is 9.53 Å². The zero-order chi connectivity index (χ0) is 10.1. The van der Waals surface area contributed by atoms with Crippen LogP contribution in [-0.4, -0.2) is 57.6 Å². The first-order chi connectivity index (χ1) is 6.16. The predicted molar refractivity (Wildman–Crippen MR) is 52.9 cm³/mol. The van der Waals surface area contributed by atoms with Gasteiger partial charge in [-0.2, -0.15) is 0 Å². The molecule has 0 aliphatic heterocycles. The highest BCUT2D eigenvalue weighted by molar-refractivity contribution is 5.77. The normalized spacial score (nSPS) is 10.8. The van der Waals surface area contributed by atoms with Crippen LogP contribution in [0.25, 0.3) is 0 Å². The minimum atomic E-state index is 0.180. The molecule has 0 bridgehead atoms. The smallest absolute Gasteiger partial charge is 0.143 e. The lowest BCUT2D eigenvalue weighted by Crippen LogP contribution is -2.33. The number of nitrogens with zero attached hydrogens (tertiary/aromatic N) is 1. The Labute approximate surface area is 80.2 Å². The molecule has 0 saturated carbocycles. The Bertz CT molecular complexity index is 140. The number of likely N-dealkylation sites (N-methyl/N-ethyl adjacent to an activating group) is 1.